The fourth-order valence-electron chi connectivity index (χ4n) is 1.31. The van der Waals surface area contributed by atoms with Gasteiger partial charge in [0.1, 0.15) is 0 Å². The molecule has 0 unspecified atom stereocenters. The minimum absolute atomic E-state index is 0.145. The number of methoxy groups -OCH3 is 2. The first-order chi connectivity index (χ1) is 6.74. The van der Waals surface area contributed by atoms with Gasteiger partial charge in [-0.2, -0.15) is 0 Å². The van der Waals surface area contributed by atoms with Crippen molar-refractivity contribution >= 4 is 0 Å². The second-order valence-electron chi connectivity index (χ2n) is 2.77. The average molecular weight is 196 g/mol. The van der Waals surface area contributed by atoms with E-state index in [1.165, 1.54) is 20.3 Å². The van der Waals surface area contributed by atoms with E-state index in [4.69, 9.17) is 9.47 Å². The molecule has 3 heteroatoms. The molecule has 0 saturated carbocycles. The Kier molecular flexibility index (Phi) is 3.51. The van der Waals surface area contributed by atoms with E-state index in [0.29, 0.717) is 12.2 Å². The lowest BCUT2D eigenvalue weighted by Gasteiger charge is -2.11. The summed E-state index contributed by atoms with van der Waals surface area (Å²) in [5.74, 6) is 0.163. The fraction of sp³-hybridized carbons (Fsp3) is 0.273. The summed E-state index contributed by atoms with van der Waals surface area (Å²) in [5, 5.41) is 0. The molecular formula is C11H13FO2. The number of ether oxygens (including phenoxy) is 2. The highest BCUT2D eigenvalue weighted by molar-refractivity contribution is 5.48. The van der Waals surface area contributed by atoms with E-state index in [1.807, 2.05) is 0 Å². The molecule has 0 aliphatic rings. The first-order valence-electron chi connectivity index (χ1n) is 4.24. The van der Waals surface area contributed by atoms with Gasteiger partial charge < -0.3 is 9.47 Å². The molecular weight excluding hydrogens is 183 g/mol. The van der Waals surface area contributed by atoms with Crippen molar-refractivity contribution in [2.24, 2.45) is 0 Å². The Morgan fingerprint density at radius 3 is 2.43 bits per heavy atom. The predicted octanol–water partition coefficient (Wildman–Crippen LogP) is 2.57. The average Bonchev–Trinajstić information content (AvgIpc) is 2.20. The Hall–Kier alpha value is -1.51. The molecule has 0 aromatic heterocycles. The maximum atomic E-state index is 13.2. The maximum absolute atomic E-state index is 13.2. The van der Waals surface area contributed by atoms with Gasteiger partial charge in [0.05, 0.1) is 14.2 Å². The topological polar surface area (TPSA) is 18.5 Å². The molecule has 0 aliphatic heterocycles. The van der Waals surface area contributed by atoms with Gasteiger partial charge in [-0.25, -0.2) is 4.39 Å². The van der Waals surface area contributed by atoms with Crippen LogP contribution in [0.15, 0.2) is 24.8 Å². The van der Waals surface area contributed by atoms with Crippen LogP contribution < -0.4 is 9.47 Å². The Morgan fingerprint density at radius 1 is 1.29 bits per heavy atom. The minimum atomic E-state index is -0.419. The van der Waals surface area contributed by atoms with Gasteiger partial charge in [-0.3, -0.25) is 0 Å². The van der Waals surface area contributed by atoms with E-state index in [1.54, 1.807) is 12.1 Å². The van der Waals surface area contributed by atoms with Crippen LogP contribution in [-0.4, -0.2) is 14.2 Å². The zero-order valence-electron chi connectivity index (χ0n) is 8.34. The van der Waals surface area contributed by atoms with Crippen LogP contribution in [0.5, 0.6) is 11.5 Å². The second kappa shape index (κ2) is 4.65. The van der Waals surface area contributed by atoms with Gasteiger partial charge in [0.15, 0.2) is 17.3 Å². The highest BCUT2D eigenvalue weighted by atomic mass is 19.1. The molecule has 1 rings (SSSR count). The summed E-state index contributed by atoms with van der Waals surface area (Å²) in [6.45, 7) is 3.62. The van der Waals surface area contributed by atoms with Crippen molar-refractivity contribution in [3.8, 4) is 11.5 Å². The summed E-state index contributed by atoms with van der Waals surface area (Å²) in [6, 6.07) is 3.03. The Bertz CT molecular complexity index is 334. The molecule has 14 heavy (non-hydrogen) atoms. The third-order valence-electron chi connectivity index (χ3n) is 1.92. The van der Waals surface area contributed by atoms with E-state index in [2.05, 4.69) is 6.58 Å². The maximum Gasteiger partial charge on any atom is 0.197 e. The lowest BCUT2D eigenvalue weighted by atomic mass is 10.1. The molecule has 0 fully saturated rings. The minimum Gasteiger partial charge on any atom is -0.492 e. The van der Waals surface area contributed by atoms with Crippen molar-refractivity contribution in [2.45, 2.75) is 6.42 Å². The molecule has 1 aromatic rings. The van der Waals surface area contributed by atoms with Gasteiger partial charge in [-0.1, -0.05) is 12.1 Å². The number of allylic oxidation sites excluding steroid dienone is 1. The molecule has 0 heterocycles. The van der Waals surface area contributed by atoms with Gasteiger partial charge in [-0.05, 0) is 12.5 Å². The lowest BCUT2D eigenvalue weighted by molar-refractivity contribution is 0.335. The summed E-state index contributed by atoms with van der Waals surface area (Å²) in [4.78, 5) is 0. The van der Waals surface area contributed by atoms with Crippen LogP contribution in [0.1, 0.15) is 5.56 Å². The van der Waals surface area contributed by atoms with Crippen molar-refractivity contribution in [2.75, 3.05) is 14.2 Å². The first kappa shape index (κ1) is 10.6. The zero-order chi connectivity index (χ0) is 10.6. The van der Waals surface area contributed by atoms with Crippen LogP contribution in [0.4, 0.5) is 4.39 Å². The van der Waals surface area contributed by atoms with Gasteiger partial charge in [0.2, 0.25) is 0 Å². The number of rotatable bonds is 4. The fourth-order valence-corrected chi connectivity index (χ4v) is 1.31. The van der Waals surface area contributed by atoms with Crippen molar-refractivity contribution in [1.82, 2.24) is 0 Å². The molecule has 0 aliphatic carbocycles. The largest absolute Gasteiger partial charge is 0.492 e. The summed E-state index contributed by atoms with van der Waals surface area (Å²) in [6.07, 6.45) is 2.36. The Balaban J connectivity index is 3.24. The Morgan fingerprint density at radius 2 is 1.93 bits per heavy atom. The molecule has 0 radical (unpaired) electrons. The van der Waals surface area contributed by atoms with Gasteiger partial charge in [0, 0.05) is 5.56 Å². The van der Waals surface area contributed by atoms with Crippen LogP contribution in [0.25, 0.3) is 0 Å². The molecule has 0 saturated heterocycles. The smallest absolute Gasteiger partial charge is 0.197 e. The van der Waals surface area contributed by atoms with Crippen LogP contribution in [-0.2, 0) is 6.42 Å². The van der Waals surface area contributed by atoms with Crippen molar-refractivity contribution < 1.29 is 13.9 Å². The van der Waals surface area contributed by atoms with Gasteiger partial charge in [0.25, 0.3) is 0 Å². The van der Waals surface area contributed by atoms with Crippen molar-refractivity contribution in [1.29, 1.82) is 0 Å². The molecule has 1 aromatic carbocycles. The predicted molar refractivity (Wildman–Crippen MR) is 53.4 cm³/mol. The van der Waals surface area contributed by atoms with Crippen molar-refractivity contribution in [3.63, 3.8) is 0 Å². The normalized spacial score (nSPS) is 9.64. The van der Waals surface area contributed by atoms with E-state index in [9.17, 15) is 4.39 Å². The number of hydrogen-bond acceptors (Lipinski definition) is 2. The van der Waals surface area contributed by atoms with Crippen LogP contribution in [0, 0.1) is 5.82 Å². The molecule has 0 bridgehead atoms. The lowest BCUT2D eigenvalue weighted by Crippen LogP contribution is -1.97. The molecule has 2 nitrogen and oxygen atoms in total. The molecule has 0 spiro atoms. The summed E-state index contributed by atoms with van der Waals surface area (Å²) in [5.41, 5.74) is 0.862. The summed E-state index contributed by atoms with van der Waals surface area (Å²) in [7, 11) is 2.91. The zero-order valence-corrected chi connectivity index (χ0v) is 8.34. The Labute approximate surface area is 83.0 Å². The van der Waals surface area contributed by atoms with Gasteiger partial charge >= 0.3 is 0 Å². The van der Waals surface area contributed by atoms with E-state index >= 15 is 0 Å². The first-order valence-corrected chi connectivity index (χ1v) is 4.24. The monoisotopic (exact) mass is 196 g/mol. The molecule has 0 amide bonds. The summed E-state index contributed by atoms with van der Waals surface area (Å²) < 4.78 is 23.2. The quantitative estimate of drug-likeness (QED) is 0.689. The van der Waals surface area contributed by atoms with E-state index < -0.39 is 5.82 Å². The highest BCUT2D eigenvalue weighted by Gasteiger charge is 2.13. The van der Waals surface area contributed by atoms with E-state index in [-0.39, 0.29) is 5.75 Å². The van der Waals surface area contributed by atoms with Crippen LogP contribution in [0.2, 0.25) is 0 Å². The molecule has 76 valence electrons. The second-order valence-corrected chi connectivity index (χ2v) is 2.77. The summed E-state index contributed by atoms with van der Waals surface area (Å²) >= 11 is 0. The number of hydrogen-bond donors (Lipinski definition) is 0. The number of benzene rings is 1. The number of halogens is 1. The standard InChI is InChI=1S/C11H13FO2/c1-4-5-8-6-7-9(12)11(14-3)10(8)13-2/h4,6-7H,1,5H2,2-3H3. The van der Waals surface area contributed by atoms with E-state index in [0.717, 1.165) is 5.56 Å². The van der Waals surface area contributed by atoms with Crippen LogP contribution in [0.3, 0.4) is 0 Å². The molecule has 0 N–H and O–H groups in total. The SMILES string of the molecule is C=CCc1ccc(F)c(OC)c1OC. The third kappa shape index (κ3) is 1.87. The van der Waals surface area contributed by atoms with Gasteiger partial charge in [-0.15, -0.1) is 6.58 Å². The van der Waals surface area contributed by atoms with Crippen molar-refractivity contribution in [3.05, 3.63) is 36.2 Å². The molecule has 0 atom stereocenters. The van der Waals surface area contributed by atoms with Crippen LogP contribution >= 0.6 is 0 Å². The highest BCUT2D eigenvalue weighted by Crippen LogP contribution is 2.33. The third-order valence-corrected chi connectivity index (χ3v) is 1.92.